The van der Waals surface area contributed by atoms with Gasteiger partial charge in [0.1, 0.15) is 18.1 Å². The minimum absolute atomic E-state index is 0.149. The zero-order chi connectivity index (χ0) is 19.2. The topological polar surface area (TPSA) is 63.9 Å². The number of furan rings is 1. The smallest absolute Gasteiger partial charge is 0.276 e. The molecule has 27 heavy (non-hydrogen) atoms. The van der Waals surface area contributed by atoms with Crippen molar-refractivity contribution in [2.24, 2.45) is 0 Å². The van der Waals surface area contributed by atoms with Crippen molar-refractivity contribution in [2.45, 2.75) is 13.5 Å². The summed E-state index contributed by atoms with van der Waals surface area (Å²) in [6.45, 7) is 2.78. The number of nitrogens with one attached hydrogen (secondary N) is 1. The summed E-state index contributed by atoms with van der Waals surface area (Å²) >= 11 is 5.27. The van der Waals surface area contributed by atoms with E-state index in [0.717, 1.165) is 5.56 Å². The van der Waals surface area contributed by atoms with Gasteiger partial charge in [0.15, 0.2) is 16.6 Å². The molecule has 0 unspecified atom stereocenters. The van der Waals surface area contributed by atoms with E-state index in [1.54, 1.807) is 36.6 Å². The third-order valence-corrected chi connectivity index (χ3v) is 4.07. The molecule has 0 saturated carbocycles. The summed E-state index contributed by atoms with van der Waals surface area (Å²) in [6, 6.07) is 8.92. The van der Waals surface area contributed by atoms with Gasteiger partial charge in [-0.25, -0.2) is 0 Å². The molecule has 0 aliphatic carbocycles. The molecule has 138 valence electrons. The minimum Gasteiger partial charge on any atom is -0.490 e. The van der Waals surface area contributed by atoms with Crippen LogP contribution in [-0.4, -0.2) is 29.1 Å². The second kappa shape index (κ2) is 8.43. The number of hydrogen-bond donors (Lipinski definition) is 1. The van der Waals surface area contributed by atoms with Crippen LogP contribution in [0, 0.1) is 12.3 Å². The maximum atomic E-state index is 12.7. The Hall–Kier alpha value is -3.24. The molecule has 2 aromatic rings. The molecule has 0 spiro atoms. The predicted molar refractivity (Wildman–Crippen MR) is 105 cm³/mol. The molecule has 1 aliphatic heterocycles. The Morgan fingerprint density at radius 2 is 2.19 bits per heavy atom. The van der Waals surface area contributed by atoms with E-state index in [1.807, 2.05) is 13.0 Å². The van der Waals surface area contributed by atoms with Crippen molar-refractivity contribution in [1.29, 1.82) is 0 Å². The number of hydrogen-bond acceptors (Lipinski definition) is 5. The molecule has 7 heteroatoms. The first kappa shape index (κ1) is 18.5. The monoisotopic (exact) mass is 382 g/mol. The SMILES string of the molecule is C#CCOc1ccc(/C=C2\NC(=S)N(Cc3ccco3)C2=O)cc1OCC. The molecule has 1 aromatic carbocycles. The lowest BCUT2D eigenvalue weighted by atomic mass is 10.1. The maximum absolute atomic E-state index is 12.7. The Morgan fingerprint density at radius 1 is 1.33 bits per heavy atom. The van der Waals surface area contributed by atoms with Crippen molar-refractivity contribution in [3.8, 4) is 23.8 Å². The summed E-state index contributed by atoms with van der Waals surface area (Å²) in [4.78, 5) is 14.1. The van der Waals surface area contributed by atoms with Gasteiger partial charge in [0.25, 0.3) is 5.91 Å². The van der Waals surface area contributed by atoms with E-state index in [0.29, 0.717) is 34.7 Å². The molecule has 1 saturated heterocycles. The standard InChI is InChI=1S/C20H18N2O4S/c1-3-9-26-17-8-7-14(12-18(17)24-4-2)11-16-19(23)22(20(27)21-16)13-15-6-5-10-25-15/h1,5-8,10-12H,4,9,13H2,2H3,(H,21,27)/b16-11-. The van der Waals surface area contributed by atoms with E-state index < -0.39 is 0 Å². The average Bonchev–Trinajstić information content (AvgIpc) is 3.26. The van der Waals surface area contributed by atoms with E-state index in [2.05, 4.69) is 11.2 Å². The number of terminal acetylenes is 1. The van der Waals surface area contributed by atoms with Crippen LogP contribution in [0.3, 0.4) is 0 Å². The third-order valence-electron chi connectivity index (χ3n) is 3.75. The average molecular weight is 382 g/mol. The normalized spacial score (nSPS) is 15.0. The van der Waals surface area contributed by atoms with Crippen LogP contribution in [0.15, 0.2) is 46.7 Å². The van der Waals surface area contributed by atoms with Crippen molar-refractivity contribution in [1.82, 2.24) is 10.2 Å². The molecule has 0 radical (unpaired) electrons. The number of benzene rings is 1. The van der Waals surface area contributed by atoms with Gasteiger partial charge < -0.3 is 19.2 Å². The van der Waals surface area contributed by atoms with E-state index in [4.69, 9.17) is 32.5 Å². The van der Waals surface area contributed by atoms with Crippen molar-refractivity contribution in [2.75, 3.05) is 13.2 Å². The highest BCUT2D eigenvalue weighted by Gasteiger charge is 2.31. The molecule has 2 heterocycles. The second-order valence-electron chi connectivity index (χ2n) is 5.59. The van der Waals surface area contributed by atoms with Gasteiger partial charge in [0, 0.05) is 0 Å². The zero-order valence-electron chi connectivity index (χ0n) is 14.7. The van der Waals surface area contributed by atoms with Crippen LogP contribution in [-0.2, 0) is 11.3 Å². The molecule has 1 aliphatic rings. The van der Waals surface area contributed by atoms with Gasteiger partial charge in [-0.1, -0.05) is 12.0 Å². The van der Waals surface area contributed by atoms with Crippen molar-refractivity contribution in [3.63, 3.8) is 0 Å². The Kier molecular flexibility index (Phi) is 5.79. The molecule has 0 atom stereocenters. The van der Waals surface area contributed by atoms with Gasteiger partial charge in [0.2, 0.25) is 0 Å². The highest BCUT2D eigenvalue weighted by atomic mass is 32.1. The van der Waals surface area contributed by atoms with Gasteiger partial charge in [-0.2, -0.15) is 0 Å². The first-order valence-electron chi connectivity index (χ1n) is 8.32. The highest BCUT2D eigenvalue weighted by molar-refractivity contribution is 7.80. The van der Waals surface area contributed by atoms with Crippen LogP contribution in [0.2, 0.25) is 0 Å². The summed E-state index contributed by atoms with van der Waals surface area (Å²) in [5.41, 5.74) is 1.15. The van der Waals surface area contributed by atoms with Gasteiger partial charge in [0.05, 0.1) is 19.4 Å². The first-order valence-corrected chi connectivity index (χ1v) is 8.73. The van der Waals surface area contributed by atoms with Gasteiger partial charge in [-0.05, 0) is 55.0 Å². The number of nitrogens with zero attached hydrogens (tertiary/aromatic N) is 1. The van der Waals surface area contributed by atoms with Crippen LogP contribution < -0.4 is 14.8 Å². The molecule has 1 N–H and O–H groups in total. The first-order chi connectivity index (χ1) is 13.1. The van der Waals surface area contributed by atoms with Gasteiger partial charge >= 0.3 is 0 Å². The van der Waals surface area contributed by atoms with Crippen LogP contribution in [0.25, 0.3) is 6.08 Å². The van der Waals surface area contributed by atoms with E-state index in [1.165, 1.54) is 4.90 Å². The lowest BCUT2D eigenvalue weighted by Crippen LogP contribution is -2.29. The molecule has 1 amide bonds. The lowest BCUT2D eigenvalue weighted by molar-refractivity contribution is -0.122. The fourth-order valence-corrected chi connectivity index (χ4v) is 2.82. The van der Waals surface area contributed by atoms with E-state index >= 15 is 0 Å². The van der Waals surface area contributed by atoms with Crippen LogP contribution in [0.1, 0.15) is 18.2 Å². The second-order valence-corrected chi connectivity index (χ2v) is 5.98. The number of carbonyl (C=O) groups excluding carboxylic acids is 1. The third kappa shape index (κ3) is 4.30. The Balaban J connectivity index is 1.81. The van der Waals surface area contributed by atoms with Crippen LogP contribution in [0.4, 0.5) is 0 Å². The quantitative estimate of drug-likeness (QED) is 0.451. The minimum atomic E-state index is -0.220. The molecular weight excluding hydrogens is 364 g/mol. The molecular formula is C20H18N2O4S. The summed E-state index contributed by atoms with van der Waals surface area (Å²) in [6.07, 6.45) is 8.50. The van der Waals surface area contributed by atoms with Gasteiger partial charge in [-0.3, -0.25) is 9.69 Å². The Bertz CT molecular complexity index is 913. The molecule has 0 bridgehead atoms. The van der Waals surface area contributed by atoms with Crippen LogP contribution in [0.5, 0.6) is 11.5 Å². The molecule has 1 aromatic heterocycles. The number of carbonyl (C=O) groups is 1. The lowest BCUT2D eigenvalue weighted by Gasteiger charge is -2.11. The summed E-state index contributed by atoms with van der Waals surface area (Å²) < 4.78 is 16.4. The Labute approximate surface area is 162 Å². The largest absolute Gasteiger partial charge is 0.490 e. The summed E-state index contributed by atoms with van der Waals surface area (Å²) in [5.74, 6) is 3.97. The fraction of sp³-hybridized carbons (Fsp3) is 0.200. The van der Waals surface area contributed by atoms with Crippen molar-refractivity contribution >= 4 is 29.3 Å². The van der Waals surface area contributed by atoms with Crippen LogP contribution >= 0.6 is 12.2 Å². The van der Waals surface area contributed by atoms with Gasteiger partial charge in [-0.15, -0.1) is 6.42 Å². The maximum Gasteiger partial charge on any atom is 0.276 e. The predicted octanol–water partition coefficient (Wildman–Crippen LogP) is 2.95. The molecule has 6 nitrogen and oxygen atoms in total. The number of rotatable bonds is 7. The summed E-state index contributed by atoms with van der Waals surface area (Å²) in [5, 5.41) is 3.28. The molecule has 1 fully saturated rings. The summed E-state index contributed by atoms with van der Waals surface area (Å²) in [7, 11) is 0. The Morgan fingerprint density at radius 3 is 2.89 bits per heavy atom. The zero-order valence-corrected chi connectivity index (χ0v) is 15.5. The number of ether oxygens (including phenoxy) is 2. The van der Waals surface area contributed by atoms with Crippen molar-refractivity contribution in [3.05, 3.63) is 53.6 Å². The van der Waals surface area contributed by atoms with Crippen molar-refractivity contribution < 1.29 is 18.7 Å². The highest BCUT2D eigenvalue weighted by Crippen LogP contribution is 2.29. The van der Waals surface area contributed by atoms with E-state index in [-0.39, 0.29) is 19.1 Å². The number of thiocarbonyl (C=S) groups is 1. The number of amides is 1. The van der Waals surface area contributed by atoms with E-state index in [9.17, 15) is 4.79 Å². The molecule has 3 rings (SSSR count). The fourth-order valence-electron chi connectivity index (χ4n) is 2.56.